The predicted molar refractivity (Wildman–Crippen MR) is 78.2 cm³/mol. The number of amides is 1. The molecule has 0 saturated heterocycles. The molecular formula is C16H19N3O. The predicted octanol–water partition coefficient (Wildman–Crippen LogP) is 2.84. The Bertz CT molecular complexity index is 552. The molecular weight excluding hydrogens is 250 g/mol. The number of carbonyl (C=O) groups is 1. The number of aryl methyl sites for hydroxylation is 1. The zero-order valence-corrected chi connectivity index (χ0v) is 11.9. The van der Waals surface area contributed by atoms with E-state index in [-0.39, 0.29) is 5.91 Å². The molecule has 0 aliphatic rings. The average molecular weight is 269 g/mol. The van der Waals surface area contributed by atoms with Crippen LogP contribution in [0.15, 0.2) is 42.7 Å². The minimum Gasteiger partial charge on any atom is -0.333 e. The third-order valence-corrected chi connectivity index (χ3v) is 3.00. The molecule has 1 aromatic heterocycles. The van der Waals surface area contributed by atoms with Crippen LogP contribution in [0.25, 0.3) is 0 Å². The summed E-state index contributed by atoms with van der Waals surface area (Å²) in [5.41, 5.74) is 2.33. The van der Waals surface area contributed by atoms with Crippen molar-refractivity contribution >= 4 is 5.91 Å². The summed E-state index contributed by atoms with van der Waals surface area (Å²) >= 11 is 0. The Kier molecular flexibility index (Phi) is 4.82. The van der Waals surface area contributed by atoms with E-state index in [1.807, 2.05) is 42.2 Å². The van der Waals surface area contributed by atoms with Crippen molar-refractivity contribution in [2.75, 3.05) is 6.54 Å². The summed E-state index contributed by atoms with van der Waals surface area (Å²) in [5, 5.41) is 0. The molecule has 0 bridgehead atoms. The second-order valence-corrected chi connectivity index (χ2v) is 4.76. The molecule has 0 aliphatic carbocycles. The second-order valence-electron chi connectivity index (χ2n) is 4.76. The highest BCUT2D eigenvalue weighted by Crippen LogP contribution is 2.09. The van der Waals surface area contributed by atoms with Crippen LogP contribution in [0.4, 0.5) is 0 Å². The lowest BCUT2D eigenvalue weighted by atomic mass is 10.2. The fourth-order valence-corrected chi connectivity index (χ4v) is 1.99. The van der Waals surface area contributed by atoms with Gasteiger partial charge in [-0.25, -0.2) is 4.98 Å². The van der Waals surface area contributed by atoms with Crippen molar-refractivity contribution in [3.63, 3.8) is 0 Å². The number of hydrogen-bond donors (Lipinski definition) is 0. The molecule has 1 aromatic carbocycles. The van der Waals surface area contributed by atoms with Crippen LogP contribution < -0.4 is 0 Å². The third kappa shape index (κ3) is 3.63. The molecule has 2 rings (SSSR count). The summed E-state index contributed by atoms with van der Waals surface area (Å²) in [7, 11) is 0. The summed E-state index contributed by atoms with van der Waals surface area (Å²) in [6.45, 7) is 5.23. The van der Waals surface area contributed by atoms with Gasteiger partial charge in [-0.15, -0.1) is 0 Å². The van der Waals surface area contributed by atoms with Gasteiger partial charge >= 0.3 is 0 Å². The van der Waals surface area contributed by atoms with Crippen molar-refractivity contribution in [1.82, 2.24) is 14.9 Å². The van der Waals surface area contributed by atoms with Gasteiger partial charge in [0.1, 0.15) is 5.69 Å². The molecule has 4 heteroatoms. The van der Waals surface area contributed by atoms with Gasteiger partial charge < -0.3 is 4.90 Å². The number of aromatic nitrogens is 2. The maximum Gasteiger partial charge on any atom is 0.274 e. The first kappa shape index (κ1) is 14.2. The van der Waals surface area contributed by atoms with Crippen molar-refractivity contribution in [1.29, 1.82) is 0 Å². The number of carbonyl (C=O) groups excluding carboxylic acids is 1. The van der Waals surface area contributed by atoms with E-state index < -0.39 is 0 Å². The van der Waals surface area contributed by atoms with Gasteiger partial charge in [0.15, 0.2) is 0 Å². The molecule has 2 aromatic rings. The number of nitrogens with zero attached hydrogens (tertiary/aromatic N) is 3. The van der Waals surface area contributed by atoms with Gasteiger partial charge in [-0.3, -0.25) is 9.78 Å². The van der Waals surface area contributed by atoms with Gasteiger partial charge in [0.25, 0.3) is 5.91 Å². The first-order valence-corrected chi connectivity index (χ1v) is 6.82. The molecule has 0 N–H and O–H groups in total. The maximum atomic E-state index is 12.5. The highest BCUT2D eigenvalue weighted by molar-refractivity contribution is 5.91. The average Bonchev–Trinajstić information content (AvgIpc) is 2.48. The SMILES string of the molecule is CCCN(Cc1ccccc1)C(=O)c1cnc(C)cn1. The van der Waals surface area contributed by atoms with Crippen LogP contribution in [0.1, 0.15) is 35.1 Å². The summed E-state index contributed by atoms with van der Waals surface area (Å²) < 4.78 is 0. The monoisotopic (exact) mass is 269 g/mol. The van der Waals surface area contributed by atoms with E-state index in [9.17, 15) is 4.79 Å². The Morgan fingerprint density at radius 3 is 2.50 bits per heavy atom. The van der Waals surface area contributed by atoms with Crippen LogP contribution in [0, 0.1) is 6.92 Å². The van der Waals surface area contributed by atoms with Crippen molar-refractivity contribution in [3.05, 3.63) is 59.7 Å². The Morgan fingerprint density at radius 1 is 1.15 bits per heavy atom. The van der Waals surface area contributed by atoms with Gasteiger partial charge in [0.2, 0.25) is 0 Å². The van der Waals surface area contributed by atoms with Crippen molar-refractivity contribution in [3.8, 4) is 0 Å². The zero-order valence-electron chi connectivity index (χ0n) is 11.9. The summed E-state index contributed by atoms with van der Waals surface area (Å²) in [5.74, 6) is -0.0665. The minimum absolute atomic E-state index is 0.0665. The third-order valence-electron chi connectivity index (χ3n) is 3.00. The maximum absolute atomic E-state index is 12.5. The Morgan fingerprint density at radius 2 is 1.90 bits per heavy atom. The van der Waals surface area contributed by atoms with Gasteiger partial charge in [-0.1, -0.05) is 37.3 Å². The molecule has 0 saturated carbocycles. The molecule has 104 valence electrons. The summed E-state index contributed by atoms with van der Waals surface area (Å²) in [4.78, 5) is 22.6. The van der Waals surface area contributed by atoms with Crippen LogP contribution in [0.5, 0.6) is 0 Å². The first-order valence-electron chi connectivity index (χ1n) is 6.82. The molecule has 1 amide bonds. The molecule has 0 radical (unpaired) electrons. The van der Waals surface area contributed by atoms with E-state index in [4.69, 9.17) is 0 Å². The molecule has 1 heterocycles. The summed E-state index contributed by atoms with van der Waals surface area (Å²) in [6.07, 6.45) is 4.09. The minimum atomic E-state index is -0.0665. The topological polar surface area (TPSA) is 46.1 Å². The van der Waals surface area contributed by atoms with Crippen LogP contribution in [-0.4, -0.2) is 27.3 Å². The largest absolute Gasteiger partial charge is 0.333 e. The van der Waals surface area contributed by atoms with Crippen LogP contribution in [0.3, 0.4) is 0 Å². The Hall–Kier alpha value is -2.23. The molecule has 4 nitrogen and oxygen atoms in total. The first-order chi connectivity index (χ1) is 9.70. The molecule has 0 spiro atoms. The fourth-order valence-electron chi connectivity index (χ4n) is 1.99. The normalized spacial score (nSPS) is 10.3. The van der Waals surface area contributed by atoms with Crippen LogP contribution in [0.2, 0.25) is 0 Å². The highest BCUT2D eigenvalue weighted by Gasteiger charge is 2.16. The van der Waals surface area contributed by atoms with Crippen molar-refractivity contribution < 1.29 is 4.79 Å². The number of rotatable bonds is 5. The number of hydrogen-bond acceptors (Lipinski definition) is 3. The van der Waals surface area contributed by atoms with E-state index >= 15 is 0 Å². The van der Waals surface area contributed by atoms with Gasteiger partial charge in [0.05, 0.1) is 11.9 Å². The van der Waals surface area contributed by atoms with Gasteiger partial charge in [-0.05, 0) is 18.9 Å². The van der Waals surface area contributed by atoms with E-state index in [2.05, 4.69) is 16.9 Å². The zero-order chi connectivity index (χ0) is 14.4. The van der Waals surface area contributed by atoms with Crippen LogP contribution in [-0.2, 0) is 6.54 Å². The van der Waals surface area contributed by atoms with Gasteiger partial charge in [-0.2, -0.15) is 0 Å². The molecule has 0 atom stereocenters. The van der Waals surface area contributed by atoms with E-state index in [1.54, 1.807) is 12.4 Å². The Labute approximate surface area is 119 Å². The molecule has 0 unspecified atom stereocenters. The number of benzene rings is 1. The second kappa shape index (κ2) is 6.80. The van der Waals surface area contributed by atoms with E-state index in [0.29, 0.717) is 18.8 Å². The quantitative estimate of drug-likeness (QED) is 0.838. The van der Waals surface area contributed by atoms with E-state index in [0.717, 1.165) is 17.7 Å². The molecule has 20 heavy (non-hydrogen) atoms. The summed E-state index contributed by atoms with van der Waals surface area (Å²) in [6, 6.07) is 9.99. The van der Waals surface area contributed by atoms with Gasteiger partial charge in [0, 0.05) is 19.3 Å². The smallest absolute Gasteiger partial charge is 0.274 e. The molecule has 0 aliphatic heterocycles. The Balaban J connectivity index is 2.15. The van der Waals surface area contributed by atoms with Crippen molar-refractivity contribution in [2.45, 2.75) is 26.8 Å². The standard InChI is InChI=1S/C16H19N3O/c1-3-9-19(12-14-7-5-4-6-8-14)16(20)15-11-17-13(2)10-18-15/h4-8,10-11H,3,9,12H2,1-2H3. The van der Waals surface area contributed by atoms with Crippen molar-refractivity contribution in [2.24, 2.45) is 0 Å². The lowest BCUT2D eigenvalue weighted by Gasteiger charge is -2.21. The van der Waals surface area contributed by atoms with Crippen LogP contribution >= 0.6 is 0 Å². The molecule has 0 fully saturated rings. The fraction of sp³-hybridized carbons (Fsp3) is 0.312. The van der Waals surface area contributed by atoms with E-state index in [1.165, 1.54) is 0 Å². The highest BCUT2D eigenvalue weighted by atomic mass is 16.2. The lowest BCUT2D eigenvalue weighted by molar-refractivity contribution is 0.0736. The lowest BCUT2D eigenvalue weighted by Crippen LogP contribution is -2.32.